The summed E-state index contributed by atoms with van der Waals surface area (Å²) < 4.78 is 42.0. The summed E-state index contributed by atoms with van der Waals surface area (Å²) in [4.78, 5) is 4.92. The molecule has 3 rings (SSSR count). The third-order valence-electron chi connectivity index (χ3n) is 3.39. The summed E-state index contributed by atoms with van der Waals surface area (Å²) in [5.74, 6) is -2.25. The van der Waals surface area contributed by atoms with E-state index in [4.69, 9.17) is 0 Å². The van der Waals surface area contributed by atoms with Gasteiger partial charge in [0.15, 0.2) is 11.6 Å². The minimum atomic E-state index is -0.952. The van der Waals surface area contributed by atoms with Crippen molar-refractivity contribution in [3.63, 3.8) is 0 Å². The third-order valence-corrected chi connectivity index (χ3v) is 4.25. The normalized spacial score (nSPS) is 12.2. The standard InChI is InChI=1S/C18H14F3N3S/c1-2-22-18-24(23-10-12-7-8-15(20)16(21)9-12)17(11-25-18)13-5-3-4-6-14(13)19/h3-11H,2H2,1H3. The van der Waals surface area contributed by atoms with Gasteiger partial charge in [-0.15, -0.1) is 11.3 Å². The summed E-state index contributed by atoms with van der Waals surface area (Å²) in [6, 6.07) is 9.85. The van der Waals surface area contributed by atoms with Crippen molar-refractivity contribution < 1.29 is 13.2 Å². The van der Waals surface area contributed by atoms with Crippen LogP contribution in [0, 0.1) is 17.5 Å². The van der Waals surface area contributed by atoms with Crippen LogP contribution in [0.3, 0.4) is 0 Å². The number of rotatable bonds is 4. The Morgan fingerprint density at radius 1 is 1.04 bits per heavy atom. The quantitative estimate of drug-likeness (QED) is 0.615. The molecule has 7 heteroatoms. The fourth-order valence-electron chi connectivity index (χ4n) is 2.23. The number of thiazole rings is 1. The van der Waals surface area contributed by atoms with Gasteiger partial charge in [-0.2, -0.15) is 5.10 Å². The molecule has 0 aliphatic rings. The maximum atomic E-state index is 14.1. The molecule has 3 nitrogen and oxygen atoms in total. The summed E-state index contributed by atoms with van der Waals surface area (Å²) in [5.41, 5.74) is 1.31. The lowest BCUT2D eigenvalue weighted by Gasteiger charge is -2.04. The van der Waals surface area contributed by atoms with Crippen molar-refractivity contribution in [2.45, 2.75) is 6.92 Å². The van der Waals surface area contributed by atoms with E-state index in [0.29, 0.717) is 28.2 Å². The highest BCUT2D eigenvalue weighted by Gasteiger charge is 2.11. The van der Waals surface area contributed by atoms with Crippen LogP contribution in [0.25, 0.3) is 11.3 Å². The van der Waals surface area contributed by atoms with Crippen LogP contribution in [0.5, 0.6) is 0 Å². The average Bonchev–Trinajstić information content (AvgIpc) is 2.99. The van der Waals surface area contributed by atoms with Gasteiger partial charge in [-0.3, -0.25) is 4.99 Å². The number of hydrogen-bond donors (Lipinski definition) is 0. The average molecular weight is 361 g/mol. The van der Waals surface area contributed by atoms with Crippen LogP contribution in [0.15, 0.2) is 57.9 Å². The molecule has 128 valence electrons. The molecule has 0 spiro atoms. The van der Waals surface area contributed by atoms with Crippen LogP contribution in [0.1, 0.15) is 12.5 Å². The van der Waals surface area contributed by atoms with Gasteiger partial charge in [-0.05, 0) is 36.8 Å². The Balaban J connectivity index is 2.09. The molecule has 0 N–H and O–H groups in total. The number of hydrogen-bond acceptors (Lipinski definition) is 3. The van der Waals surface area contributed by atoms with E-state index in [1.165, 1.54) is 34.4 Å². The molecule has 3 aromatic rings. The fraction of sp³-hybridized carbons (Fsp3) is 0.111. The number of nitrogens with zero attached hydrogens (tertiary/aromatic N) is 3. The summed E-state index contributed by atoms with van der Waals surface area (Å²) in [5, 5.41) is 6.06. The molecule has 0 bridgehead atoms. The van der Waals surface area contributed by atoms with Gasteiger partial charge in [0.05, 0.1) is 11.9 Å². The van der Waals surface area contributed by atoms with Crippen molar-refractivity contribution in [1.82, 2.24) is 4.68 Å². The predicted octanol–water partition coefficient (Wildman–Crippen LogP) is 4.44. The predicted molar refractivity (Wildman–Crippen MR) is 93.2 cm³/mol. The Morgan fingerprint density at radius 2 is 1.84 bits per heavy atom. The van der Waals surface area contributed by atoms with E-state index in [-0.39, 0.29) is 5.82 Å². The molecule has 0 radical (unpaired) electrons. The van der Waals surface area contributed by atoms with Gasteiger partial charge in [0.1, 0.15) is 5.82 Å². The molecule has 2 aromatic carbocycles. The van der Waals surface area contributed by atoms with E-state index in [1.54, 1.807) is 23.6 Å². The van der Waals surface area contributed by atoms with Crippen molar-refractivity contribution >= 4 is 17.6 Å². The smallest absolute Gasteiger partial charge is 0.206 e. The molecule has 0 aliphatic heterocycles. The first kappa shape index (κ1) is 17.2. The molecule has 0 fully saturated rings. The molecule has 0 aliphatic carbocycles. The van der Waals surface area contributed by atoms with Crippen molar-refractivity contribution in [2.24, 2.45) is 10.1 Å². The Morgan fingerprint density at radius 3 is 2.56 bits per heavy atom. The Kier molecular flexibility index (Phi) is 5.14. The van der Waals surface area contributed by atoms with Crippen molar-refractivity contribution in [3.05, 3.63) is 75.7 Å². The highest BCUT2D eigenvalue weighted by Crippen LogP contribution is 2.23. The summed E-state index contributed by atoms with van der Waals surface area (Å²) in [6.07, 6.45) is 1.38. The van der Waals surface area contributed by atoms with Crippen molar-refractivity contribution in [2.75, 3.05) is 6.54 Å². The largest absolute Gasteiger partial charge is 0.258 e. The molecule has 0 saturated heterocycles. The number of aromatic nitrogens is 1. The first-order valence-corrected chi connectivity index (χ1v) is 8.43. The van der Waals surface area contributed by atoms with Gasteiger partial charge in [0, 0.05) is 17.5 Å². The van der Waals surface area contributed by atoms with Crippen LogP contribution in [-0.2, 0) is 0 Å². The second kappa shape index (κ2) is 7.48. The Labute approximate surface area is 146 Å². The van der Waals surface area contributed by atoms with Crippen LogP contribution in [-0.4, -0.2) is 17.4 Å². The zero-order chi connectivity index (χ0) is 17.8. The van der Waals surface area contributed by atoms with E-state index in [0.717, 1.165) is 12.1 Å². The molecule has 0 amide bonds. The van der Waals surface area contributed by atoms with E-state index in [2.05, 4.69) is 10.1 Å². The molecule has 0 unspecified atom stereocenters. The summed E-state index contributed by atoms with van der Waals surface area (Å²) in [7, 11) is 0. The highest BCUT2D eigenvalue weighted by atomic mass is 32.1. The van der Waals surface area contributed by atoms with Gasteiger partial charge >= 0.3 is 0 Å². The van der Waals surface area contributed by atoms with Crippen LogP contribution >= 0.6 is 11.3 Å². The molecule has 0 atom stereocenters. The Bertz CT molecular complexity index is 989. The maximum absolute atomic E-state index is 14.1. The molecular weight excluding hydrogens is 347 g/mol. The highest BCUT2D eigenvalue weighted by molar-refractivity contribution is 7.07. The van der Waals surface area contributed by atoms with E-state index >= 15 is 0 Å². The summed E-state index contributed by atoms with van der Waals surface area (Å²) >= 11 is 1.33. The SMILES string of the molecule is CCN=c1scc(-c2ccccc2F)n1N=Cc1ccc(F)c(F)c1. The van der Waals surface area contributed by atoms with Crippen LogP contribution < -0.4 is 4.80 Å². The maximum Gasteiger partial charge on any atom is 0.206 e. The lowest BCUT2D eigenvalue weighted by molar-refractivity contribution is 0.508. The fourth-order valence-corrected chi connectivity index (χ4v) is 3.12. The third kappa shape index (κ3) is 3.71. The van der Waals surface area contributed by atoms with Gasteiger partial charge in [-0.25, -0.2) is 17.8 Å². The van der Waals surface area contributed by atoms with Gasteiger partial charge in [-0.1, -0.05) is 18.2 Å². The molecule has 0 saturated carbocycles. The molecule has 1 aromatic heterocycles. The van der Waals surface area contributed by atoms with E-state index < -0.39 is 11.6 Å². The van der Waals surface area contributed by atoms with Crippen LogP contribution in [0.4, 0.5) is 13.2 Å². The zero-order valence-electron chi connectivity index (χ0n) is 13.3. The first-order chi connectivity index (χ1) is 12.1. The second-order valence-corrected chi connectivity index (χ2v) is 5.92. The topological polar surface area (TPSA) is 29.6 Å². The van der Waals surface area contributed by atoms with Gasteiger partial charge in [0.2, 0.25) is 4.80 Å². The molecule has 1 heterocycles. The number of halogens is 3. The summed E-state index contributed by atoms with van der Waals surface area (Å²) in [6.45, 7) is 2.42. The van der Waals surface area contributed by atoms with Gasteiger partial charge in [0.25, 0.3) is 0 Å². The van der Waals surface area contributed by atoms with Crippen LogP contribution in [0.2, 0.25) is 0 Å². The lowest BCUT2D eigenvalue weighted by Crippen LogP contribution is -2.12. The zero-order valence-corrected chi connectivity index (χ0v) is 14.1. The van der Waals surface area contributed by atoms with E-state index in [9.17, 15) is 13.2 Å². The first-order valence-electron chi connectivity index (χ1n) is 7.55. The number of benzene rings is 2. The molecular formula is C18H14F3N3S. The van der Waals surface area contributed by atoms with Crippen molar-refractivity contribution in [3.8, 4) is 11.3 Å². The lowest BCUT2D eigenvalue weighted by atomic mass is 10.1. The van der Waals surface area contributed by atoms with Crippen molar-refractivity contribution in [1.29, 1.82) is 0 Å². The Hall–Kier alpha value is -2.67. The monoisotopic (exact) mass is 361 g/mol. The van der Waals surface area contributed by atoms with E-state index in [1.807, 2.05) is 6.92 Å². The minimum absolute atomic E-state index is 0.375. The second-order valence-electron chi connectivity index (χ2n) is 5.09. The minimum Gasteiger partial charge on any atom is -0.258 e. The molecule has 25 heavy (non-hydrogen) atoms. The van der Waals surface area contributed by atoms with Gasteiger partial charge < -0.3 is 0 Å².